The quantitative estimate of drug-likeness (QED) is 0.688. The summed E-state index contributed by atoms with van der Waals surface area (Å²) in [6.45, 7) is -0.251. The molecule has 0 atom stereocenters. The first-order valence-corrected chi connectivity index (χ1v) is 8.74. The molecule has 0 aliphatic carbocycles. The summed E-state index contributed by atoms with van der Waals surface area (Å²) in [7, 11) is 3.07. The Hall–Kier alpha value is -3.32. The van der Waals surface area contributed by atoms with Crippen molar-refractivity contribution in [3.63, 3.8) is 0 Å². The number of carbonyl (C=O) groups is 1. The number of benzene rings is 2. The van der Waals surface area contributed by atoms with Crippen molar-refractivity contribution >= 4 is 23.2 Å². The Balaban J connectivity index is 1.81. The number of methoxy groups -OCH3 is 2. The first-order chi connectivity index (χ1) is 13.5. The van der Waals surface area contributed by atoms with Gasteiger partial charge in [-0.1, -0.05) is 11.6 Å². The van der Waals surface area contributed by atoms with Gasteiger partial charge in [0.2, 0.25) is 5.91 Å². The highest BCUT2D eigenvalue weighted by Gasteiger charge is 2.11. The molecule has 1 N–H and O–H groups in total. The second kappa shape index (κ2) is 8.58. The topological polar surface area (TPSA) is 82.5 Å². The summed E-state index contributed by atoms with van der Waals surface area (Å²) in [5.74, 6) is 0.749. The Kier molecular flexibility index (Phi) is 5.96. The van der Waals surface area contributed by atoms with Crippen LogP contribution < -0.4 is 20.3 Å². The van der Waals surface area contributed by atoms with Gasteiger partial charge in [0, 0.05) is 16.7 Å². The number of carbonyl (C=O) groups excluding carboxylic acids is 1. The van der Waals surface area contributed by atoms with Crippen LogP contribution in [0.4, 0.5) is 5.69 Å². The molecule has 1 heterocycles. The minimum Gasteiger partial charge on any atom is -0.497 e. The summed E-state index contributed by atoms with van der Waals surface area (Å²) in [6.07, 6.45) is 0. The maximum atomic E-state index is 12.4. The molecule has 0 spiro atoms. The summed E-state index contributed by atoms with van der Waals surface area (Å²) >= 11 is 5.97. The van der Waals surface area contributed by atoms with Gasteiger partial charge in [0.25, 0.3) is 5.56 Å². The van der Waals surface area contributed by atoms with Gasteiger partial charge in [-0.3, -0.25) is 9.59 Å². The third kappa shape index (κ3) is 4.50. The Bertz CT molecular complexity index is 1050. The Morgan fingerprint density at radius 1 is 1.07 bits per heavy atom. The van der Waals surface area contributed by atoms with Crippen LogP contribution in [0.2, 0.25) is 5.02 Å². The molecule has 0 unspecified atom stereocenters. The van der Waals surface area contributed by atoms with Crippen molar-refractivity contribution in [2.45, 2.75) is 6.54 Å². The van der Waals surface area contributed by atoms with Gasteiger partial charge in [-0.25, -0.2) is 4.68 Å². The van der Waals surface area contributed by atoms with Crippen molar-refractivity contribution in [2.75, 3.05) is 19.5 Å². The van der Waals surface area contributed by atoms with Crippen molar-refractivity contribution < 1.29 is 14.3 Å². The van der Waals surface area contributed by atoms with Gasteiger partial charge in [-0.15, -0.1) is 0 Å². The zero-order valence-corrected chi connectivity index (χ0v) is 16.1. The number of amides is 1. The van der Waals surface area contributed by atoms with Crippen molar-refractivity contribution in [1.29, 1.82) is 0 Å². The Labute approximate surface area is 166 Å². The normalized spacial score (nSPS) is 10.4. The van der Waals surface area contributed by atoms with Crippen molar-refractivity contribution in [3.8, 4) is 22.8 Å². The number of aromatic nitrogens is 2. The number of nitrogens with one attached hydrogen (secondary N) is 1. The molecule has 0 aliphatic heterocycles. The monoisotopic (exact) mass is 399 g/mol. The molecule has 0 aliphatic rings. The maximum absolute atomic E-state index is 12.4. The first-order valence-electron chi connectivity index (χ1n) is 8.36. The van der Waals surface area contributed by atoms with Gasteiger partial charge in [-0.05, 0) is 48.5 Å². The van der Waals surface area contributed by atoms with Crippen molar-refractivity contribution in [1.82, 2.24) is 9.78 Å². The van der Waals surface area contributed by atoms with Gasteiger partial charge in [0.15, 0.2) is 0 Å². The van der Waals surface area contributed by atoms with Crippen molar-refractivity contribution in [2.24, 2.45) is 0 Å². The van der Waals surface area contributed by atoms with E-state index in [1.807, 2.05) is 12.1 Å². The molecule has 144 valence electrons. The highest BCUT2D eigenvalue weighted by atomic mass is 35.5. The lowest BCUT2D eigenvalue weighted by atomic mass is 10.1. The average molecular weight is 400 g/mol. The van der Waals surface area contributed by atoms with Crippen LogP contribution in [0, 0.1) is 0 Å². The number of halogens is 1. The molecular formula is C20H18ClN3O4. The fourth-order valence-corrected chi connectivity index (χ4v) is 2.75. The van der Waals surface area contributed by atoms with Gasteiger partial charge in [-0.2, -0.15) is 5.10 Å². The van der Waals surface area contributed by atoms with E-state index in [1.165, 1.54) is 13.2 Å². The molecule has 0 saturated carbocycles. The molecule has 8 heteroatoms. The van der Waals surface area contributed by atoms with Crippen LogP contribution in [0.25, 0.3) is 11.3 Å². The SMILES string of the molecule is COc1ccc(-c2ccc(=O)n(CC(=O)Nc3cc(Cl)ccc3OC)n2)cc1. The molecule has 7 nitrogen and oxygen atoms in total. The maximum Gasteiger partial charge on any atom is 0.267 e. The fraction of sp³-hybridized carbons (Fsp3) is 0.150. The Morgan fingerprint density at radius 3 is 2.50 bits per heavy atom. The van der Waals surface area contributed by atoms with Crippen LogP contribution in [-0.2, 0) is 11.3 Å². The number of rotatable bonds is 6. The van der Waals surface area contributed by atoms with E-state index in [0.717, 1.165) is 10.2 Å². The summed E-state index contributed by atoms with van der Waals surface area (Å²) in [6, 6.07) is 15.1. The van der Waals surface area contributed by atoms with Crippen molar-refractivity contribution in [3.05, 3.63) is 70.0 Å². The lowest BCUT2D eigenvalue weighted by Crippen LogP contribution is -2.29. The van der Waals surface area contributed by atoms with Gasteiger partial charge in [0.1, 0.15) is 18.0 Å². The predicted molar refractivity (Wildman–Crippen MR) is 107 cm³/mol. The second-order valence-corrected chi connectivity index (χ2v) is 6.27. The third-order valence-electron chi connectivity index (χ3n) is 3.98. The molecule has 0 bridgehead atoms. The summed E-state index contributed by atoms with van der Waals surface area (Å²) in [4.78, 5) is 24.5. The first kappa shape index (κ1) is 19.4. The van der Waals surface area contributed by atoms with E-state index < -0.39 is 5.91 Å². The molecular weight excluding hydrogens is 382 g/mol. The summed E-state index contributed by atoms with van der Waals surface area (Å²) in [5.41, 5.74) is 1.40. The van der Waals surface area contributed by atoms with E-state index in [9.17, 15) is 9.59 Å². The smallest absolute Gasteiger partial charge is 0.267 e. The zero-order chi connectivity index (χ0) is 20.1. The van der Waals surface area contributed by atoms with E-state index >= 15 is 0 Å². The highest BCUT2D eigenvalue weighted by Crippen LogP contribution is 2.27. The van der Waals surface area contributed by atoms with Crippen LogP contribution in [0.3, 0.4) is 0 Å². The fourth-order valence-electron chi connectivity index (χ4n) is 2.58. The number of hydrogen-bond donors (Lipinski definition) is 1. The number of anilines is 1. The van der Waals surface area contributed by atoms with Crippen LogP contribution in [-0.4, -0.2) is 29.9 Å². The van der Waals surface area contributed by atoms with E-state index in [4.69, 9.17) is 21.1 Å². The number of hydrogen-bond acceptors (Lipinski definition) is 5. The molecule has 0 radical (unpaired) electrons. The minimum absolute atomic E-state index is 0.251. The molecule has 2 aromatic carbocycles. The van der Waals surface area contributed by atoms with Crippen LogP contribution >= 0.6 is 11.6 Å². The lowest BCUT2D eigenvalue weighted by molar-refractivity contribution is -0.117. The zero-order valence-electron chi connectivity index (χ0n) is 15.3. The molecule has 0 saturated heterocycles. The minimum atomic E-state index is -0.429. The summed E-state index contributed by atoms with van der Waals surface area (Å²) < 4.78 is 11.4. The van der Waals surface area contributed by atoms with E-state index in [2.05, 4.69) is 10.4 Å². The molecule has 1 aromatic heterocycles. The van der Waals surface area contributed by atoms with Crippen LogP contribution in [0.15, 0.2) is 59.4 Å². The molecule has 0 fully saturated rings. The van der Waals surface area contributed by atoms with Gasteiger partial charge >= 0.3 is 0 Å². The highest BCUT2D eigenvalue weighted by molar-refractivity contribution is 6.31. The number of nitrogens with zero attached hydrogens (tertiary/aromatic N) is 2. The average Bonchev–Trinajstić information content (AvgIpc) is 2.70. The molecule has 28 heavy (non-hydrogen) atoms. The largest absolute Gasteiger partial charge is 0.497 e. The summed E-state index contributed by atoms with van der Waals surface area (Å²) in [5, 5.41) is 7.42. The van der Waals surface area contributed by atoms with Crippen LogP contribution in [0.1, 0.15) is 0 Å². The lowest BCUT2D eigenvalue weighted by Gasteiger charge is -2.11. The van der Waals surface area contributed by atoms with E-state index in [-0.39, 0.29) is 12.1 Å². The molecule has 3 aromatic rings. The van der Waals surface area contributed by atoms with E-state index in [1.54, 1.807) is 43.5 Å². The number of ether oxygens (including phenoxy) is 2. The Morgan fingerprint density at radius 2 is 1.82 bits per heavy atom. The third-order valence-corrected chi connectivity index (χ3v) is 4.22. The van der Waals surface area contributed by atoms with Crippen LogP contribution in [0.5, 0.6) is 11.5 Å². The second-order valence-electron chi connectivity index (χ2n) is 5.84. The predicted octanol–water partition coefficient (Wildman–Crippen LogP) is 3.22. The van der Waals surface area contributed by atoms with Gasteiger partial charge < -0.3 is 14.8 Å². The van der Waals surface area contributed by atoms with Gasteiger partial charge in [0.05, 0.1) is 25.6 Å². The van der Waals surface area contributed by atoms with E-state index in [0.29, 0.717) is 27.9 Å². The molecule has 3 rings (SSSR count). The molecule has 1 amide bonds. The standard InChI is InChI=1S/C20H18ClN3O4/c1-27-15-6-3-13(4-7-15)16-8-10-20(26)24(23-16)12-19(25)22-17-11-14(21)5-9-18(17)28-2/h3-11H,12H2,1-2H3,(H,22,25).